The summed E-state index contributed by atoms with van der Waals surface area (Å²) >= 11 is 0. The van der Waals surface area contributed by atoms with Gasteiger partial charge < -0.3 is 18.9 Å². The summed E-state index contributed by atoms with van der Waals surface area (Å²) in [6.07, 6.45) is 3.24. The van der Waals surface area contributed by atoms with Gasteiger partial charge in [-0.1, -0.05) is 18.2 Å². The van der Waals surface area contributed by atoms with Gasteiger partial charge >= 0.3 is 6.09 Å². The highest BCUT2D eigenvalue weighted by molar-refractivity contribution is 6.15. The number of allylic oxidation sites excluding steroid dienone is 1. The first-order valence-electron chi connectivity index (χ1n) is 8.88. The maximum Gasteiger partial charge on any atom is 0.414 e. The summed E-state index contributed by atoms with van der Waals surface area (Å²) in [6.45, 7) is 1.77. The number of Topliss-reactive ketones (excluding diaryl/α,β-unsaturated/α-hetero) is 1. The highest BCUT2D eigenvalue weighted by Gasteiger charge is 2.31. The lowest BCUT2D eigenvalue weighted by molar-refractivity contribution is 0.101. The molecular formula is C22H20N2O4. The monoisotopic (exact) mass is 376 g/mol. The lowest BCUT2D eigenvalue weighted by Crippen LogP contribution is -2.25. The van der Waals surface area contributed by atoms with E-state index in [1.165, 1.54) is 4.90 Å². The van der Waals surface area contributed by atoms with Crippen LogP contribution in [0.15, 0.2) is 48.4 Å². The molecule has 2 heterocycles. The molecule has 6 heteroatoms. The van der Waals surface area contributed by atoms with Crippen LogP contribution in [0, 0.1) is 6.92 Å². The van der Waals surface area contributed by atoms with Gasteiger partial charge in [0.05, 0.1) is 5.56 Å². The highest BCUT2D eigenvalue weighted by Crippen LogP contribution is 2.39. The van der Waals surface area contributed by atoms with Crippen molar-refractivity contribution >= 4 is 28.9 Å². The summed E-state index contributed by atoms with van der Waals surface area (Å²) < 4.78 is 13.3. The van der Waals surface area contributed by atoms with Gasteiger partial charge in [-0.2, -0.15) is 0 Å². The summed E-state index contributed by atoms with van der Waals surface area (Å²) in [5, 5.41) is 1.04. The number of aromatic nitrogens is 1. The minimum Gasteiger partial charge on any atom is -0.452 e. The van der Waals surface area contributed by atoms with Crippen molar-refractivity contribution < 1.29 is 19.1 Å². The summed E-state index contributed by atoms with van der Waals surface area (Å²) in [5.41, 5.74) is 3.06. The molecule has 0 aliphatic carbocycles. The number of hydrogen-bond acceptors (Lipinski definition) is 4. The number of benzene rings is 2. The van der Waals surface area contributed by atoms with Gasteiger partial charge in [0.15, 0.2) is 5.76 Å². The molecule has 1 aliphatic rings. The lowest BCUT2D eigenvalue weighted by atomic mass is 10.1. The van der Waals surface area contributed by atoms with E-state index < -0.39 is 6.09 Å². The van der Waals surface area contributed by atoms with Crippen LogP contribution in [-0.2, 0) is 7.05 Å². The Hall–Kier alpha value is -3.54. The molecule has 0 fully saturated rings. The molecule has 0 N–H and O–H groups in total. The van der Waals surface area contributed by atoms with Crippen LogP contribution in [0.4, 0.5) is 4.79 Å². The first-order chi connectivity index (χ1) is 13.4. The average molecular weight is 376 g/mol. The van der Waals surface area contributed by atoms with Gasteiger partial charge in [0, 0.05) is 49.4 Å². The molecule has 0 unspecified atom stereocenters. The fourth-order valence-electron chi connectivity index (χ4n) is 3.29. The Kier molecular flexibility index (Phi) is 4.19. The molecule has 0 saturated carbocycles. The van der Waals surface area contributed by atoms with E-state index in [9.17, 15) is 9.59 Å². The Balaban J connectivity index is 1.72. The molecule has 0 bridgehead atoms. The van der Waals surface area contributed by atoms with Crippen molar-refractivity contribution in [1.29, 1.82) is 0 Å². The average Bonchev–Trinajstić information content (AvgIpc) is 3.16. The van der Waals surface area contributed by atoms with Crippen LogP contribution in [0.5, 0.6) is 11.5 Å². The lowest BCUT2D eigenvalue weighted by Gasteiger charge is -2.13. The van der Waals surface area contributed by atoms with E-state index in [0.29, 0.717) is 22.6 Å². The van der Waals surface area contributed by atoms with E-state index in [1.807, 2.05) is 42.1 Å². The van der Waals surface area contributed by atoms with Gasteiger partial charge in [-0.3, -0.25) is 4.79 Å². The predicted octanol–water partition coefficient (Wildman–Crippen LogP) is 4.16. The maximum atomic E-state index is 12.8. The van der Waals surface area contributed by atoms with Crippen LogP contribution < -0.4 is 9.47 Å². The first kappa shape index (κ1) is 17.9. The summed E-state index contributed by atoms with van der Waals surface area (Å²) in [6, 6.07) is 11.2. The van der Waals surface area contributed by atoms with Crippen LogP contribution in [0.1, 0.15) is 21.5 Å². The maximum absolute atomic E-state index is 12.8. The Morgan fingerprint density at radius 3 is 2.68 bits per heavy atom. The minimum absolute atomic E-state index is 0.184. The molecule has 0 radical (unpaired) electrons. The molecule has 1 aromatic heterocycles. The second-order valence-electron chi connectivity index (χ2n) is 6.98. The number of rotatable bonds is 2. The largest absolute Gasteiger partial charge is 0.452 e. The summed E-state index contributed by atoms with van der Waals surface area (Å²) in [4.78, 5) is 26.0. The first-order valence-corrected chi connectivity index (χ1v) is 8.88. The standard InChI is InChI=1S/C22H20N2O4/c1-13-18(28-22(26)23(2)3)10-9-16-20(25)19(27-21(13)16)11-14-12-24(4)17-8-6-5-7-15(14)17/h5-12H,1-4H3. The Bertz CT molecular complexity index is 1150. The molecule has 1 aliphatic heterocycles. The van der Waals surface area contributed by atoms with E-state index in [2.05, 4.69) is 0 Å². The normalized spacial score (nSPS) is 14.3. The van der Waals surface area contributed by atoms with Crippen LogP contribution in [0.3, 0.4) is 0 Å². The number of para-hydroxylation sites is 1. The van der Waals surface area contributed by atoms with Crippen molar-refractivity contribution in [2.45, 2.75) is 6.92 Å². The molecule has 28 heavy (non-hydrogen) atoms. The Morgan fingerprint density at radius 2 is 1.93 bits per heavy atom. The van der Waals surface area contributed by atoms with Crippen LogP contribution in [0.25, 0.3) is 17.0 Å². The summed E-state index contributed by atoms with van der Waals surface area (Å²) in [5.74, 6) is 0.874. The third-order valence-corrected chi connectivity index (χ3v) is 4.81. The number of nitrogens with zero attached hydrogens (tertiary/aromatic N) is 2. The van der Waals surface area contributed by atoms with E-state index in [1.54, 1.807) is 39.2 Å². The molecular weight excluding hydrogens is 356 g/mol. The van der Waals surface area contributed by atoms with E-state index in [-0.39, 0.29) is 11.5 Å². The molecule has 4 rings (SSSR count). The van der Waals surface area contributed by atoms with Crippen molar-refractivity contribution in [3.63, 3.8) is 0 Å². The number of carbonyl (C=O) groups excluding carboxylic acids is 2. The molecule has 3 aromatic rings. The fraction of sp³-hybridized carbons (Fsp3) is 0.182. The van der Waals surface area contributed by atoms with Crippen molar-refractivity contribution in [3.05, 3.63) is 65.0 Å². The molecule has 142 valence electrons. The van der Waals surface area contributed by atoms with E-state index >= 15 is 0 Å². The second-order valence-corrected chi connectivity index (χ2v) is 6.98. The number of aryl methyl sites for hydroxylation is 1. The number of ketones is 1. The molecule has 6 nitrogen and oxygen atoms in total. The Morgan fingerprint density at radius 1 is 1.18 bits per heavy atom. The van der Waals surface area contributed by atoms with E-state index in [4.69, 9.17) is 9.47 Å². The number of fused-ring (bicyclic) bond motifs is 2. The Labute approximate surface area is 162 Å². The molecule has 0 saturated heterocycles. The van der Waals surface area contributed by atoms with Crippen LogP contribution in [-0.4, -0.2) is 35.4 Å². The predicted molar refractivity (Wildman–Crippen MR) is 107 cm³/mol. The SMILES string of the molecule is Cc1c(OC(=O)N(C)C)ccc2c1OC(=Cc1cn(C)c3ccccc13)C2=O. The zero-order chi connectivity index (χ0) is 20.0. The smallest absolute Gasteiger partial charge is 0.414 e. The van der Waals surface area contributed by atoms with Crippen LogP contribution >= 0.6 is 0 Å². The molecule has 0 spiro atoms. The van der Waals surface area contributed by atoms with Gasteiger partial charge in [0.25, 0.3) is 0 Å². The minimum atomic E-state index is -0.487. The fourth-order valence-corrected chi connectivity index (χ4v) is 3.29. The topological polar surface area (TPSA) is 60.8 Å². The van der Waals surface area contributed by atoms with Crippen molar-refractivity contribution in [3.8, 4) is 11.5 Å². The van der Waals surface area contributed by atoms with E-state index in [0.717, 1.165) is 16.5 Å². The molecule has 2 aromatic carbocycles. The quantitative estimate of drug-likeness (QED) is 0.630. The third-order valence-electron chi connectivity index (χ3n) is 4.81. The van der Waals surface area contributed by atoms with Gasteiger partial charge in [-0.15, -0.1) is 0 Å². The number of amides is 1. The third kappa shape index (κ3) is 2.83. The van der Waals surface area contributed by atoms with Crippen molar-refractivity contribution in [2.24, 2.45) is 7.05 Å². The van der Waals surface area contributed by atoms with Crippen molar-refractivity contribution in [1.82, 2.24) is 9.47 Å². The molecule has 1 amide bonds. The zero-order valence-electron chi connectivity index (χ0n) is 16.1. The number of ether oxygens (including phenoxy) is 2. The second kappa shape index (κ2) is 6.56. The summed E-state index contributed by atoms with van der Waals surface area (Å²) in [7, 11) is 5.18. The highest BCUT2D eigenvalue weighted by atomic mass is 16.6. The van der Waals surface area contributed by atoms with Crippen LogP contribution in [0.2, 0.25) is 0 Å². The van der Waals surface area contributed by atoms with Gasteiger partial charge in [-0.25, -0.2) is 4.79 Å². The zero-order valence-corrected chi connectivity index (χ0v) is 16.1. The molecule has 0 atom stereocenters. The number of hydrogen-bond donors (Lipinski definition) is 0. The van der Waals surface area contributed by atoms with Gasteiger partial charge in [-0.05, 0) is 31.2 Å². The van der Waals surface area contributed by atoms with Gasteiger partial charge in [0.1, 0.15) is 11.5 Å². The van der Waals surface area contributed by atoms with Crippen molar-refractivity contribution in [2.75, 3.05) is 14.1 Å². The number of carbonyl (C=O) groups is 2. The van der Waals surface area contributed by atoms with Gasteiger partial charge in [0.2, 0.25) is 5.78 Å².